The topological polar surface area (TPSA) is 56.7 Å². The Bertz CT molecular complexity index is 774. The summed E-state index contributed by atoms with van der Waals surface area (Å²) in [6.45, 7) is 4.42. The first-order valence-corrected chi connectivity index (χ1v) is 9.78. The van der Waals surface area contributed by atoms with E-state index >= 15 is 0 Å². The quantitative estimate of drug-likeness (QED) is 0.564. The predicted octanol–water partition coefficient (Wildman–Crippen LogP) is 3.12. The van der Waals surface area contributed by atoms with E-state index in [1.54, 1.807) is 38.4 Å². The smallest absolute Gasteiger partial charge is 0.243 e. The number of benzene rings is 1. The molecule has 1 unspecified atom stereocenters. The van der Waals surface area contributed by atoms with Crippen LogP contribution in [0, 0.1) is 12.7 Å². The van der Waals surface area contributed by atoms with E-state index in [-0.39, 0.29) is 24.3 Å². The Morgan fingerprint density at radius 1 is 1.33 bits per heavy atom. The second kappa shape index (κ2) is 10.1. The summed E-state index contributed by atoms with van der Waals surface area (Å²) in [4.78, 5) is 19.0. The van der Waals surface area contributed by atoms with Gasteiger partial charge >= 0.3 is 0 Å². The minimum atomic E-state index is -0.229. The Labute approximate surface area is 164 Å². The largest absolute Gasteiger partial charge is 0.356 e. The number of halogens is 1. The van der Waals surface area contributed by atoms with Crippen molar-refractivity contribution < 1.29 is 9.18 Å². The molecule has 2 N–H and O–H groups in total. The average Bonchev–Trinajstić information content (AvgIpc) is 3.14. The third kappa shape index (κ3) is 6.67. The van der Waals surface area contributed by atoms with E-state index in [4.69, 9.17) is 0 Å². The van der Waals surface area contributed by atoms with Gasteiger partial charge in [-0.3, -0.25) is 4.79 Å². The predicted molar refractivity (Wildman–Crippen MR) is 110 cm³/mol. The molecule has 0 aliphatic carbocycles. The summed E-state index contributed by atoms with van der Waals surface area (Å²) >= 11 is 1.71. The van der Waals surface area contributed by atoms with E-state index in [9.17, 15) is 9.18 Å². The van der Waals surface area contributed by atoms with E-state index in [0.717, 1.165) is 12.0 Å². The fourth-order valence-electron chi connectivity index (χ4n) is 2.37. The van der Waals surface area contributed by atoms with Gasteiger partial charge in [-0.15, -0.1) is 11.3 Å². The molecule has 0 bridgehead atoms. The number of amides is 1. The summed E-state index contributed by atoms with van der Waals surface area (Å²) in [7, 11) is 3.40. The van der Waals surface area contributed by atoms with Crippen LogP contribution in [0.15, 0.2) is 40.7 Å². The molecule has 0 spiro atoms. The molecule has 2 rings (SSSR count). The third-order valence-electron chi connectivity index (χ3n) is 4.16. The van der Waals surface area contributed by atoms with Gasteiger partial charge in [0.25, 0.3) is 0 Å². The summed E-state index contributed by atoms with van der Waals surface area (Å²) in [5.41, 5.74) is 1.44. The number of hydrogen-bond acceptors (Lipinski definition) is 3. The molecule has 27 heavy (non-hydrogen) atoms. The monoisotopic (exact) mass is 390 g/mol. The van der Waals surface area contributed by atoms with Crippen molar-refractivity contribution in [2.75, 3.05) is 27.2 Å². The number of likely N-dealkylation sites (N-methyl/N-ethyl adjacent to an activating group) is 1. The van der Waals surface area contributed by atoms with Crippen LogP contribution in [0.1, 0.15) is 29.0 Å². The molecule has 1 atom stereocenters. The maximum Gasteiger partial charge on any atom is 0.243 e. The van der Waals surface area contributed by atoms with Crippen molar-refractivity contribution in [3.05, 3.63) is 57.5 Å². The molecular weight excluding hydrogens is 363 g/mol. The second-order valence-corrected chi connectivity index (χ2v) is 7.62. The van der Waals surface area contributed by atoms with Gasteiger partial charge in [-0.25, -0.2) is 9.38 Å². The van der Waals surface area contributed by atoms with Crippen molar-refractivity contribution in [2.24, 2.45) is 4.99 Å². The lowest BCUT2D eigenvalue weighted by Crippen LogP contribution is -2.40. The second-order valence-electron chi connectivity index (χ2n) is 6.58. The molecule has 1 heterocycles. The summed E-state index contributed by atoms with van der Waals surface area (Å²) in [5.74, 6) is 0.228. The molecule has 0 aliphatic rings. The Balaban J connectivity index is 2.03. The normalized spacial score (nSPS) is 12.6. The van der Waals surface area contributed by atoms with Crippen molar-refractivity contribution in [1.82, 2.24) is 15.5 Å². The first-order chi connectivity index (χ1) is 12.9. The molecule has 0 saturated carbocycles. The molecule has 0 radical (unpaired) electrons. The number of carbonyl (C=O) groups excluding carboxylic acids is 1. The molecule has 1 aromatic heterocycles. The van der Waals surface area contributed by atoms with E-state index in [2.05, 4.69) is 21.7 Å². The highest BCUT2D eigenvalue weighted by Gasteiger charge is 2.11. The zero-order valence-corrected chi connectivity index (χ0v) is 17.1. The van der Waals surface area contributed by atoms with Crippen LogP contribution in [0.3, 0.4) is 0 Å². The van der Waals surface area contributed by atoms with E-state index < -0.39 is 0 Å². The van der Waals surface area contributed by atoms with Crippen molar-refractivity contribution in [2.45, 2.75) is 26.3 Å². The summed E-state index contributed by atoms with van der Waals surface area (Å²) in [5, 5.41) is 8.57. The number of nitrogens with one attached hydrogen (secondary N) is 2. The van der Waals surface area contributed by atoms with E-state index in [0.29, 0.717) is 18.1 Å². The van der Waals surface area contributed by atoms with Crippen molar-refractivity contribution in [3.63, 3.8) is 0 Å². The number of guanidine groups is 1. The number of hydrogen-bond donors (Lipinski definition) is 2. The van der Waals surface area contributed by atoms with Crippen molar-refractivity contribution >= 4 is 23.2 Å². The van der Waals surface area contributed by atoms with Crippen LogP contribution in [0.5, 0.6) is 0 Å². The van der Waals surface area contributed by atoms with Crippen LogP contribution in [-0.4, -0.2) is 44.0 Å². The number of nitrogens with zero attached hydrogens (tertiary/aromatic N) is 2. The number of carbonyl (C=O) groups is 1. The fraction of sp³-hybridized carbons (Fsp3) is 0.400. The molecule has 0 fully saturated rings. The maximum atomic E-state index is 13.9. The Morgan fingerprint density at radius 3 is 2.74 bits per heavy atom. The highest BCUT2D eigenvalue weighted by atomic mass is 32.1. The van der Waals surface area contributed by atoms with Crippen LogP contribution in [0.2, 0.25) is 0 Å². The molecule has 5 nitrogen and oxygen atoms in total. The number of rotatable bonds is 7. The first-order valence-electron chi connectivity index (χ1n) is 8.90. The highest BCUT2D eigenvalue weighted by Crippen LogP contribution is 2.16. The molecule has 1 amide bonds. The fourth-order valence-corrected chi connectivity index (χ4v) is 3.08. The Hall–Kier alpha value is -2.41. The van der Waals surface area contributed by atoms with Crippen molar-refractivity contribution in [1.29, 1.82) is 0 Å². The van der Waals surface area contributed by atoms with Gasteiger partial charge in [-0.05, 0) is 48.9 Å². The van der Waals surface area contributed by atoms with Crippen molar-refractivity contribution in [3.8, 4) is 0 Å². The first kappa shape index (κ1) is 20.9. The molecule has 7 heteroatoms. The molecule has 0 saturated heterocycles. The third-order valence-corrected chi connectivity index (χ3v) is 5.10. The van der Waals surface area contributed by atoms with Crippen LogP contribution in [-0.2, 0) is 11.2 Å². The van der Waals surface area contributed by atoms with Crippen LogP contribution >= 0.6 is 11.3 Å². The summed E-state index contributed by atoms with van der Waals surface area (Å²) in [6, 6.07) is 9.15. The van der Waals surface area contributed by atoms with Gasteiger partial charge in [0, 0.05) is 25.5 Å². The Kier molecular flexibility index (Phi) is 7.79. The molecular formula is C20H27FN4OS. The lowest BCUT2D eigenvalue weighted by Gasteiger charge is -2.19. The van der Waals surface area contributed by atoms with Crippen LogP contribution in [0.4, 0.5) is 4.39 Å². The van der Waals surface area contributed by atoms with Gasteiger partial charge in [0.1, 0.15) is 12.4 Å². The zero-order valence-electron chi connectivity index (χ0n) is 16.3. The van der Waals surface area contributed by atoms with Gasteiger partial charge in [0.05, 0.1) is 6.04 Å². The summed E-state index contributed by atoms with van der Waals surface area (Å²) < 4.78 is 13.9. The zero-order chi connectivity index (χ0) is 19.8. The maximum absolute atomic E-state index is 13.9. The van der Waals surface area contributed by atoms with Crippen LogP contribution < -0.4 is 10.6 Å². The SMILES string of the molecule is Cc1ccc(C(C)NC(=NCC(=O)N(C)C)NCCc2cccs2)cc1F. The molecule has 0 aliphatic heterocycles. The van der Waals surface area contributed by atoms with Gasteiger partial charge in [-0.2, -0.15) is 0 Å². The molecule has 2 aromatic rings. The van der Waals surface area contributed by atoms with E-state index in [1.165, 1.54) is 15.8 Å². The minimum absolute atomic E-state index is 0.0519. The number of thiophene rings is 1. The number of aryl methyl sites for hydroxylation is 1. The van der Waals surface area contributed by atoms with Crippen LogP contribution in [0.25, 0.3) is 0 Å². The Morgan fingerprint density at radius 2 is 2.11 bits per heavy atom. The van der Waals surface area contributed by atoms with E-state index in [1.807, 2.05) is 24.4 Å². The minimum Gasteiger partial charge on any atom is -0.356 e. The van der Waals surface area contributed by atoms with Gasteiger partial charge in [0.15, 0.2) is 5.96 Å². The highest BCUT2D eigenvalue weighted by molar-refractivity contribution is 7.09. The molecule has 146 valence electrons. The number of aliphatic imine (C=N–C) groups is 1. The average molecular weight is 391 g/mol. The standard InChI is InChI=1S/C20H27FN4OS/c1-14-7-8-16(12-18(14)21)15(2)24-20(23-13-19(26)25(3)4)22-10-9-17-6-5-11-27-17/h5-8,11-12,15H,9-10,13H2,1-4H3,(H2,22,23,24). The van der Waals surface area contributed by atoms with Gasteiger partial charge in [0.2, 0.25) is 5.91 Å². The summed E-state index contributed by atoms with van der Waals surface area (Å²) in [6.07, 6.45) is 0.869. The lowest BCUT2D eigenvalue weighted by atomic mass is 10.1. The lowest BCUT2D eigenvalue weighted by molar-refractivity contribution is -0.127. The van der Waals surface area contributed by atoms with Gasteiger partial charge in [-0.1, -0.05) is 18.2 Å². The molecule has 1 aromatic carbocycles. The van der Waals surface area contributed by atoms with Gasteiger partial charge < -0.3 is 15.5 Å².